The Labute approximate surface area is 217 Å². The molecule has 0 fully saturated rings. The van der Waals surface area contributed by atoms with Gasteiger partial charge in [0.05, 0.1) is 19.9 Å². The lowest BCUT2D eigenvalue weighted by Crippen LogP contribution is -2.54. The molecule has 3 aromatic rings. The maximum absolute atomic E-state index is 13.4. The molecule has 3 amide bonds. The van der Waals surface area contributed by atoms with Crippen molar-refractivity contribution in [1.82, 2.24) is 10.0 Å². The van der Waals surface area contributed by atoms with Gasteiger partial charge in [0.25, 0.3) is 0 Å². The van der Waals surface area contributed by atoms with Gasteiger partial charge in [0.1, 0.15) is 17.5 Å². The van der Waals surface area contributed by atoms with Crippen LogP contribution in [0.25, 0.3) is 0 Å². The van der Waals surface area contributed by atoms with Crippen LogP contribution >= 0.6 is 0 Å². The van der Waals surface area contributed by atoms with Crippen LogP contribution in [-0.4, -0.2) is 54.7 Å². The zero-order chi connectivity index (χ0) is 27.0. The van der Waals surface area contributed by atoms with E-state index in [4.69, 9.17) is 9.47 Å². The molecule has 2 N–H and O–H groups in total. The quantitative estimate of drug-likeness (QED) is 0.420. The van der Waals surface area contributed by atoms with Crippen molar-refractivity contribution in [1.29, 1.82) is 0 Å². The first-order valence-corrected chi connectivity index (χ1v) is 12.8. The van der Waals surface area contributed by atoms with Gasteiger partial charge in [-0.25, -0.2) is 9.52 Å². The van der Waals surface area contributed by atoms with Gasteiger partial charge in [0.2, 0.25) is 5.91 Å². The largest absolute Gasteiger partial charge is 0.497 e. The zero-order valence-electron chi connectivity index (χ0n) is 21.0. The van der Waals surface area contributed by atoms with Crippen LogP contribution in [0.3, 0.4) is 0 Å². The van der Waals surface area contributed by atoms with E-state index < -0.39 is 28.2 Å². The highest BCUT2D eigenvalue weighted by Crippen LogP contribution is 2.22. The van der Waals surface area contributed by atoms with E-state index in [0.29, 0.717) is 17.2 Å². The molecular weight excluding hydrogens is 496 g/mol. The molecule has 0 heterocycles. The van der Waals surface area contributed by atoms with Crippen molar-refractivity contribution in [2.24, 2.45) is 0 Å². The molecule has 11 heteroatoms. The molecule has 0 aliphatic carbocycles. The molecule has 0 bridgehead atoms. The summed E-state index contributed by atoms with van der Waals surface area (Å²) in [7, 11) is 1.60. The number of hydrogen-bond acceptors (Lipinski definition) is 6. The number of likely N-dealkylation sites (N-methyl/N-ethyl adjacent to an activating group) is 1. The van der Waals surface area contributed by atoms with Crippen molar-refractivity contribution >= 4 is 33.5 Å². The van der Waals surface area contributed by atoms with Gasteiger partial charge < -0.3 is 19.7 Å². The molecule has 0 aliphatic heterocycles. The number of anilines is 2. The second-order valence-electron chi connectivity index (χ2n) is 8.09. The van der Waals surface area contributed by atoms with E-state index in [2.05, 4.69) is 5.32 Å². The maximum Gasteiger partial charge on any atom is 0.330 e. The lowest BCUT2D eigenvalue weighted by Gasteiger charge is -2.26. The average molecular weight is 527 g/mol. The highest BCUT2D eigenvalue weighted by Gasteiger charge is 2.28. The summed E-state index contributed by atoms with van der Waals surface area (Å²) in [5.41, 5.74) is 1.66. The Morgan fingerprint density at radius 1 is 0.838 bits per heavy atom. The van der Waals surface area contributed by atoms with Gasteiger partial charge in [-0.2, -0.15) is 8.42 Å². The number of nitrogens with zero attached hydrogens (tertiary/aromatic N) is 2. The second kappa shape index (κ2) is 12.1. The summed E-state index contributed by atoms with van der Waals surface area (Å²) in [6.07, 6.45) is 0.152. The van der Waals surface area contributed by atoms with E-state index in [0.717, 1.165) is 9.87 Å². The van der Waals surface area contributed by atoms with Gasteiger partial charge in [-0.1, -0.05) is 36.4 Å². The highest BCUT2D eigenvalue weighted by molar-refractivity contribution is 7.91. The van der Waals surface area contributed by atoms with Crippen LogP contribution < -0.4 is 28.7 Å². The molecule has 37 heavy (non-hydrogen) atoms. The van der Waals surface area contributed by atoms with Crippen molar-refractivity contribution in [3.8, 4) is 11.5 Å². The number of benzene rings is 3. The van der Waals surface area contributed by atoms with E-state index in [-0.39, 0.29) is 12.1 Å². The van der Waals surface area contributed by atoms with Gasteiger partial charge in [-0.15, -0.1) is 0 Å². The average Bonchev–Trinajstić information content (AvgIpc) is 2.91. The molecule has 3 aromatic carbocycles. The maximum atomic E-state index is 13.4. The Bertz CT molecular complexity index is 1320. The monoisotopic (exact) mass is 526 g/mol. The second-order valence-corrected chi connectivity index (χ2v) is 9.79. The first kappa shape index (κ1) is 27.3. The summed E-state index contributed by atoms with van der Waals surface area (Å²) < 4.78 is 38.9. The fraction of sp³-hybridized carbons (Fsp3) is 0.231. The van der Waals surface area contributed by atoms with Crippen molar-refractivity contribution in [3.05, 3.63) is 84.4 Å². The van der Waals surface area contributed by atoms with Crippen molar-refractivity contribution < 1.29 is 27.5 Å². The van der Waals surface area contributed by atoms with Gasteiger partial charge in [0, 0.05) is 32.3 Å². The number of ether oxygens (including phenoxy) is 2. The summed E-state index contributed by atoms with van der Waals surface area (Å²) in [4.78, 5) is 27.6. The molecular formula is C26H30N4O6S. The smallest absolute Gasteiger partial charge is 0.330 e. The molecule has 0 radical (unpaired) electrons. The highest BCUT2D eigenvalue weighted by atomic mass is 32.2. The van der Waals surface area contributed by atoms with Gasteiger partial charge in [-0.05, 0) is 42.0 Å². The van der Waals surface area contributed by atoms with Crippen LogP contribution in [0.5, 0.6) is 11.5 Å². The summed E-state index contributed by atoms with van der Waals surface area (Å²) >= 11 is 0. The summed E-state index contributed by atoms with van der Waals surface area (Å²) in [6, 6.07) is 20.3. The Morgan fingerprint density at radius 3 is 2.11 bits per heavy atom. The van der Waals surface area contributed by atoms with Gasteiger partial charge >= 0.3 is 16.2 Å². The van der Waals surface area contributed by atoms with Crippen LogP contribution in [-0.2, 0) is 21.4 Å². The normalized spacial score (nSPS) is 11.7. The molecule has 196 valence electrons. The first-order valence-electron chi connectivity index (χ1n) is 11.3. The van der Waals surface area contributed by atoms with Crippen molar-refractivity contribution in [3.63, 3.8) is 0 Å². The number of carbonyl (C=O) groups excluding carboxylic acids is 2. The number of carbonyl (C=O) groups is 2. The third kappa shape index (κ3) is 7.14. The molecule has 10 nitrogen and oxygen atoms in total. The van der Waals surface area contributed by atoms with Crippen LogP contribution in [0.2, 0.25) is 0 Å². The molecule has 0 unspecified atom stereocenters. The van der Waals surface area contributed by atoms with E-state index in [9.17, 15) is 18.0 Å². The molecule has 1 atom stereocenters. The van der Waals surface area contributed by atoms with Crippen LogP contribution in [0, 0.1) is 0 Å². The number of hydrogen-bond donors (Lipinski definition) is 2. The SMILES string of the molecule is COc1ccc(N(C)C(=O)[C@H](Cc2ccccc2)NC(=O)NS(=O)(=O)N(C)c2cccc(OC)c2)cc1. The lowest BCUT2D eigenvalue weighted by molar-refractivity contribution is -0.120. The van der Waals surface area contributed by atoms with Crippen LogP contribution in [0.15, 0.2) is 78.9 Å². The Morgan fingerprint density at radius 2 is 1.49 bits per heavy atom. The lowest BCUT2D eigenvalue weighted by atomic mass is 10.0. The van der Waals surface area contributed by atoms with Crippen molar-refractivity contribution in [2.75, 3.05) is 37.5 Å². The topological polar surface area (TPSA) is 117 Å². The van der Waals surface area contributed by atoms with E-state index in [1.54, 1.807) is 56.6 Å². The van der Waals surface area contributed by atoms with E-state index in [1.165, 1.54) is 25.1 Å². The van der Waals surface area contributed by atoms with E-state index in [1.807, 2.05) is 35.1 Å². The Kier molecular flexibility index (Phi) is 8.96. The molecule has 0 saturated heterocycles. The summed E-state index contributed by atoms with van der Waals surface area (Å²) in [6.45, 7) is 0. The molecule has 0 aromatic heterocycles. The number of rotatable bonds is 10. The molecule has 0 spiro atoms. The zero-order valence-corrected chi connectivity index (χ0v) is 21.9. The molecule has 0 aliphatic rings. The van der Waals surface area contributed by atoms with Crippen molar-refractivity contribution in [2.45, 2.75) is 12.5 Å². The van der Waals surface area contributed by atoms with Crippen LogP contribution in [0.4, 0.5) is 16.2 Å². The number of nitrogens with one attached hydrogen (secondary N) is 2. The first-order chi connectivity index (χ1) is 17.6. The number of amides is 3. The van der Waals surface area contributed by atoms with Gasteiger partial charge in [-0.3, -0.25) is 9.10 Å². The minimum absolute atomic E-state index is 0.152. The number of methoxy groups -OCH3 is 2. The number of urea groups is 1. The third-order valence-electron chi connectivity index (χ3n) is 5.68. The summed E-state index contributed by atoms with van der Waals surface area (Å²) in [5.74, 6) is 0.662. The van der Waals surface area contributed by atoms with E-state index >= 15 is 0 Å². The Hall–Kier alpha value is -4.25. The minimum Gasteiger partial charge on any atom is -0.497 e. The predicted octanol–water partition coefficient (Wildman–Crippen LogP) is 2.96. The summed E-state index contributed by atoms with van der Waals surface area (Å²) in [5, 5.41) is 2.53. The third-order valence-corrected chi connectivity index (χ3v) is 7.05. The van der Waals surface area contributed by atoms with Gasteiger partial charge in [0.15, 0.2) is 0 Å². The predicted molar refractivity (Wildman–Crippen MR) is 142 cm³/mol. The fourth-order valence-corrected chi connectivity index (χ4v) is 4.36. The Balaban J connectivity index is 1.78. The minimum atomic E-state index is -4.28. The van der Waals surface area contributed by atoms with Crippen LogP contribution in [0.1, 0.15) is 5.56 Å². The molecule has 3 rings (SSSR count). The fourth-order valence-electron chi connectivity index (χ4n) is 3.54. The molecule has 0 saturated carbocycles. The standard InChI is InChI=1S/C26H30N4O6S/c1-29(20-13-15-22(35-3)16-14-20)25(31)24(17-19-9-6-5-7-10-19)27-26(32)28-37(33,34)30(2)21-11-8-12-23(18-21)36-4/h5-16,18,24H,17H2,1-4H3,(H2,27,28,32)/t24-/m0/s1.